The van der Waals surface area contributed by atoms with E-state index in [4.69, 9.17) is 0 Å². The van der Waals surface area contributed by atoms with Crippen molar-refractivity contribution < 1.29 is 4.79 Å². The van der Waals surface area contributed by atoms with Crippen molar-refractivity contribution >= 4 is 17.5 Å². The molecule has 1 heterocycles. The second-order valence-electron chi connectivity index (χ2n) is 5.72. The molecule has 1 N–H and O–H groups in total. The number of anilines is 2. The van der Waals surface area contributed by atoms with Gasteiger partial charge >= 0.3 is 0 Å². The van der Waals surface area contributed by atoms with Gasteiger partial charge in [-0.25, -0.2) is 9.97 Å². The molecule has 0 radical (unpaired) electrons. The van der Waals surface area contributed by atoms with E-state index in [0.717, 1.165) is 29.8 Å². The molecule has 2 aromatic rings. The molecular formula is C17H20N4O. The third kappa shape index (κ3) is 3.61. The predicted molar refractivity (Wildman–Crippen MR) is 85.7 cm³/mol. The summed E-state index contributed by atoms with van der Waals surface area (Å²) in [5.41, 5.74) is 3.00. The van der Waals surface area contributed by atoms with Crippen LogP contribution in [-0.2, 0) is 11.3 Å². The highest BCUT2D eigenvalue weighted by atomic mass is 16.2. The van der Waals surface area contributed by atoms with Crippen molar-refractivity contribution in [3.05, 3.63) is 47.8 Å². The summed E-state index contributed by atoms with van der Waals surface area (Å²) in [7, 11) is 0. The van der Waals surface area contributed by atoms with E-state index in [1.54, 1.807) is 13.1 Å². The van der Waals surface area contributed by atoms with Crippen LogP contribution in [0.3, 0.4) is 0 Å². The van der Waals surface area contributed by atoms with Crippen LogP contribution in [0.1, 0.15) is 31.0 Å². The summed E-state index contributed by atoms with van der Waals surface area (Å²) in [5, 5.41) is 3.18. The first-order chi connectivity index (χ1) is 10.6. The topological polar surface area (TPSA) is 58.1 Å². The van der Waals surface area contributed by atoms with Gasteiger partial charge in [0.15, 0.2) is 0 Å². The highest BCUT2D eigenvalue weighted by Crippen LogP contribution is 2.28. The van der Waals surface area contributed by atoms with Gasteiger partial charge in [0.05, 0.1) is 0 Å². The molecule has 0 unspecified atom stereocenters. The molecule has 1 aliphatic carbocycles. The molecular weight excluding hydrogens is 276 g/mol. The largest absolute Gasteiger partial charge is 0.336 e. The Labute approximate surface area is 130 Å². The summed E-state index contributed by atoms with van der Waals surface area (Å²) in [6.07, 6.45) is 3.99. The van der Waals surface area contributed by atoms with Crippen LogP contribution >= 0.6 is 0 Å². The van der Waals surface area contributed by atoms with E-state index in [2.05, 4.69) is 15.3 Å². The number of hydrogen-bond donors (Lipinski definition) is 1. The minimum absolute atomic E-state index is 0.151. The van der Waals surface area contributed by atoms with E-state index in [1.165, 1.54) is 0 Å². The van der Waals surface area contributed by atoms with Crippen molar-refractivity contribution in [2.75, 3.05) is 5.32 Å². The lowest BCUT2D eigenvalue weighted by Crippen LogP contribution is -2.30. The van der Waals surface area contributed by atoms with Crippen LogP contribution in [0.2, 0.25) is 0 Å². The second kappa shape index (κ2) is 6.13. The fraction of sp³-hybridized carbons (Fsp3) is 0.353. The number of carbonyl (C=O) groups is 1. The Bertz CT molecular complexity index is 665. The number of rotatable bonds is 5. The van der Waals surface area contributed by atoms with E-state index in [-0.39, 0.29) is 5.91 Å². The zero-order chi connectivity index (χ0) is 15.5. The van der Waals surface area contributed by atoms with E-state index < -0.39 is 0 Å². The van der Waals surface area contributed by atoms with Gasteiger partial charge in [-0.1, -0.05) is 12.1 Å². The molecule has 1 aromatic carbocycles. The van der Waals surface area contributed by atoms with Crippen LogP contribution in [0.15, 0.2) is 36.5 Å². The maximum atomic E-state index is 11.7. The molecule has 0 atom stereocenters. The smallest absolute Gasteiger partial charge is 0.227 e. The number of nitrogens with zero attached hydrogens (tertiary/aromatic N) is 3. The van der Waals surface area contributed by atoms with E-state index in [0.29, 0.717) is 18.5 Å². The first-order valence-electron chi connectivity index (χ1n) is 7.54. The molecule has 1 aromatic heterocycles. The third-order valence-electron chi connectivity index (χ3n) is 3.75. The SMILES string of the molecule is CC(=O)N(Cc1ccc(Nc2nccc(C)n2)cc1)C1CC1. The third-order valence-corrected chi connectivity index (χ3v) is 3.75. The normalized spacial score (nSPS) is 13.7. The van der Waals surface area contributed by atoms with Crippen molar-refractivity contribution in [1.29, 1.82) is 0 Å². The van der Waals surface area contributed by atoms with Gasteiger partial charge in [-0.3, -0.25) is 4.79 Å². The fourth-order valence-corrected chi connectivity index (χ4v) is 2.41. The van der Waals surface area contributed by atoms with Crippen LogP contribution < -0.4 is 5.32 Å². The molecule has 114 valence electrons. The molecule has 0 aliphatic heterocycles. The molecule has 1 fully saturated rings. The minimum atomic E-state index is 0.151. The monoisotopic (exact) mass is 296 g/mol. The van der Waals surface area contributed by atoms with Gasteiger partial charge in [0.2, 0.25) is 11.9 Å². The first kappa shape index (κ1) is 14.5. The maximum absolute atomic E-state index is 11.7. The molecule has 5 heteroatoms. The van der Waals surface area contributed by atoms with Crippen molar-refractivity contribution in [3.8, 4) is 0 Å². The van der Waals surface area contributed by atoms with Gasteiger partial charge in [0.25, 0.3) is 0 Å². The Morgan fingerprint density at radius 2 is 2.00 bits per heavy atom. The molecule has 0 saturated heterocycles. The second-order valence-corrected chi connectivity index (χ2v) is 5.72. The number of nitrogens with one attached hydrogen (secondary N) is 1. The zero-order valence-corrected chi connectivity index (χ0v) is 12.9. The summed E-state index contributed by atoms with van der Waals surface area (Å²) in [6.45, 7) is 4.26. The first-order valence-corrected chi connectivity index (χ1v) is 7.54. The molecule has 0 bridgehead atoms. The zero-order valence-electron chi connectivity index (χ0n) is 12.9. The van der Waals surface area contributed by atoms with Crippen LogP contribution in [0.4, 0.5) is 11.6 Å². The van der Waals surface area contributed by atoms with E-state index in [9.17, 15) is 4.79 Å². The Hall–Kier alpha value is -2.43. The molecule has 3 rings (SSSR count). The molecule has 1 aliphatic rings. The summed E-state index contributed by atoms with van der Waals surface area (Å²) < 4.78 is 0. The van der Waals surface area contributed by atoms with Crippen LogP contribution in [0, 0.1) is 6.92 Å². The van der Waals surface area contributed by atoms with E-state index in [1.807, 2.05) is 42.2 Å². The Morgan fingerprint density at radius 1 is 1.27 bits per heavy atom. The summed E-state index contributed by atoms with van der Waals surface area (Å²) in [5.74, 6) is 0.744. The van der Waals surface area contributed by atoms with Gasteiger partial charge in [0.1, 0.15) is 0 Å². The van der Waals surface area contributed by atoms with Gasteiger partial charge in [-0.15, -0.1) is 0 Å². The van der Waals surface area contributed by atoms with E-state index >= 15 is 0 Å². The lowest BCUT2D eigenvalue weighted by molar-refractivity contribution is -0.130. The van der Waals surface area contributed by atoms with Crippen molar-refractivity contribution in [1.82, 2.24) is 14.9 Å². The average Bonchev–Trinajstić information content (AvgIpc) is 3.31. The molecule has 5 nitrogen and oxygen atoms in total. The molecule has 1 saturated carbocycles. The Kier molecular flexibility index (Phi) is 4.04. The number of aryl methyl sites for hydroxylation is 1. The number of aromatic nitrogens is 2. The quantitative estimate of drug-likeness (QED) is 0.921. The molecule has 22 heavy (non-hydrogen) atoms. The lowest BCUT2D eigenvalue weighted by atomic mass is 10.2. The van der Waals surface area contributed by atoms with Crippen LogP contribution in [0.25, 0.3) is 0 Å². The highest BCUT2D eigenvalue weighted by molar-refractivity contribution is 5.74. The van der Waals surface area contributed by atoms with Crippen molar-refractivity contribution in [2.24, 2.45) is 0 Å². The van der Waals surface area contributed by atoms with Crippen molar-refractivity contribution in [2.45, 2.75) is 39.3 Å². The Morgan fingerprint density at radius 3 is 2.59 bits per heavy atom. The lowest BCUT2D eigenvalue weighted by Gasteiger charge is -2.20. The maximum Gasteiger partial charge on any atom is 0.227 e. The van der Waals surface area contributed by atoms with Gasteiger partial charge in [-0.05, 0) is 43.5 Å². The molecule has 1 amide bonds. The number of hydrogen-bond acceptors (Lipinski definition) is 4. The van der Waals surface area contributed by atoms with Crippen molar-refractivity contribution in [3.63, 3.8) is 0 Å². The highest BCUT2D eigenvalue weighted by Gasteiger charge is 2.30. The van der Waals surface area contributed by atoms with Crippen LogP contribution in [0.5, 0.6) is 0 Å². The predicted octanol–water partition coefficient (Wildman–Crippen LogP) is 3.04. The summed E-state index contributed by atoms with van der Waals surface area (Å²) in [6, 6.07) is 10.4. The molecule has 0 spiro atoms. The number of benzene rings is 1. The standard InChI is InChI=1S/C17H20N4O/c1-12-9-10-18-17(19-12)20-15-5-3-14(4-6-15)11-21(13(2)22)16-7-8-16/h3-6,9-10,16H,7-8,11H2,1-2H3,(H,18,19,20). The number of amides is 1. The van der Waals surface area contributed by atoms with Gasteiger partial charge in [0, 0.05) is 37.1 Å². The summed E-state index contributed by atoms with van der Waals surface area (Å²) in [4.78, 5) is 22.1. The average molecular weight is 296 g/mol. The summed E-state index contributed by atoms with van der Waals surface area (Å²) >= 11 is 0. The van der Waals surface area contributed by atoms with Gasteiger partial charge < -0.3 is 10.2 Å². The van der Waals surface area contributed by atoms with Crippen LogP contribution in [-0.4, -0.2) is 26.8 Å². The number of carbonyl (C=O) groups excluding carboxylic acids is 1. The fourth-order valence-electron chi connectivity index (χ4n) is 2.41. The Balaban J connectivity index is 1.66. The minimum Gasteiger partial charge on any atom is -0.336 e. The van der Waals surface area contributed by atoms with Gasteiger partial charge in [-0.2, -0.15) is 0 Å².